The lowest BCUT2D eigenvalue weighted by Crippen LogP contribution is -2.12. The van der Waals surface area contributed by atoms with E-state index >= 15 is 0 Å². The van der Waals surface area contributed by atoms with Gasteiger partial charge in [-0.1, -0.05) is 0 Å². The van der Waals surface area contributed by atoms with Crippen molar-refractivity contribution in [3.63, 3.8) is 0 Å². The van der Waals surface area contributed by atoms with Crippen molar-refractivity contribution in [3.05, 3.63) is 30.0 Å². The fourth-order valence-electron chi connectivity index (χ4n) is 2.42. The Hall–Kier alpha value is -1.48. The van der Waals surface area contributed by atoms with Gasteiger partial charge in [-0.05, 0) is 31.0 Å². The van der Waals surface area contributed by atoms with Crippen LogP contribution in [-0.2, 0) is 13.5 Å². The predicted octanol–water partition coefficient (Wildman–Crippen LogP) is 2.25. The molecule has 0 bridgehead atoms. The van der Waals surface area contributed by atoms with Crippen LogP contribution >= 0.6 is 0 Å². The monoisotopic (exact) mass is 231 g/mol. The number of fused-ring (bicyclic) bond motifs is 1. The Morgan fingerprint density at radius 2 is 2.12 bits per heavy atom. The molecule has 3 rings (SSSR count). The molecule has 1 heterocycles. The standard InChI is InChI=1S/C14H17NO2/c1-15-8-5-10-11(9-14(16)6-7-14)13(17-2)4-3-12(10)15/h3-5,8,16H,6-7,9H2,1-2H3. The molecule has 1 aliphatic carbocycles. The van der Waals surface area contributed by atoms with Gasteiger partial charge in [0.25, 0.3) is 0 Å². The Kier molecular flexibility index (Phi) is 2.20. The first-order chi connectivity index (χ1) is 8.13. The molecule has 1 saturated carbocycles. The molecule has 0 aliphatic heterocycles. The van der Waals surface area contributed by atoms with E-state index in [-0.39, 0.29) is 0 Å². The van der Waals surface area contributed by atoms with Crippen LogP contribution in [0.25, 0.3) is 10.9 Å². The smallest absolute Gasteiger partial charge is 0.122 e. The van der Waals surface area contributed by atoms with E-state index in [0.717, 1.165) is 24.2 Å². The van der Waals surface area contributed by atoms with E-state index in [1.54, 1.807) is 7.11 Å². The second-order valence-electron chi connectivity index (χ2n) is 5.01. The highest BCUT2D eigenvalue weighted by molar-refractivity contribution is 5.86. The molecule has 2 aromatic rings. The van der Waals surface area contributed by atoms with Gasteiger partial charge in [0.15, 0.2) is 0 Å². The molecule has 3 heteroatoms. The highest BCUT2D eigenvalue weighted by Crippen LogP contribution is 2.42. The van der Waals surface area contributed by atoms with Gasteiger partial charge in [-0.15, -0.1) is 0 Å². The van der Waals surface area contributed by atoms with E-state index in [1.807, 2.05) is 19.3 Å². The third-order valence-electron chi connectivity index (χ3n) is 3.69. The number of methoxy groups -OCH3 is 1. The summed E-state index contributed by atoms with van der Waals surface area (Å²) in [6, 6.07) is 6.15. The van der Waals surface area contributed by atoms with Crippen LogP contribution in [0.1, 0.15) is 18.4 Å². The van der Waals surface area contributed by atoms with Gasteiger partial charge in [-0.25, -0.2) is 0 Å². The molecule has 1 aromatic carbocycles. The van der Waals surface area contributed by atoms with Crippen molar-refractivity contribution < 1.29 is 9.84 Å². The quantitative estimate of drug-likeness (QED) is 0.879. The molecule has 0 radical (unpaired) electrons. The number of aliphatic hydroxyl groups is 1. The maximum atomic E-state index is 10.1. The molecule has 0 unspecified atom stereocenters. The van der Waals surface area contributed by atoms with Gasteiger partial charge in [0.2, 0.25) is 0 Å². The summed E-state index contributed by atoms with van der Waals surface area (Å²) in [6.07, 6.45) is 4.54. The highest BCUT2D eigenvalue weighted by Gasteiger charge is 2.41. The summed E-state index contributed by atoms with van der Waals surface area (Å²) in [4.78, 5) is 0. The number of ether oxygens (including phenoxy) is 1. The van der Waals surface area contributed by atoms with E-state index < -0.39 is 5.60 Å². The summed E-state index contributed by atoms with van der Waals surface area (Å²) >= 11 is 0. The fraction of sp³-hybridized carbons (Fsp3) is 0.429. The fourth-order valence-corrected chi connectivity index (χ4v) is 2.42. The van der Waals surface area contributed by atoms with Gasteiger partial charge in [-0.2, -0.15) is 0 Å². The molecule has 0 spiro atoms. The van der Waals surface area contributed by atoms with Crippen LogP contribution in [0.2, 0.25) is 0 Å². The number of aromatic nitrogens is 1. The molecule has 0 atom stereocenters. The van der Waals surface area contributed by atoms with Gasteiger partial charge < -0.3 is 14.4 Å². The highest BCUT2D eigenvalue weighted by atomic mass is 16.5. The molecule has 17 heavy (non-hydrogen) atoms. The Balaban J connectivity index is 2.16. The summed E-state index contributed by atoms with van der Waals surface area (Å²) < 4.78 is 7.51. The van der Waals surface area contributed by atoms with Gasteiger partial charge in [0, 0.05) is 36.1 Å². The van der Waals surface area contributed by atoms with Crippen LogP contribution in [0.4, 0.5) is 0 Å². The molecule has 0 saturated heterocycles. The van der Waals surface area contributed by atoms with Crippen molar-refractivity contribution in [2.24, 2.45) is 7.05 Å². The molecule has 1 aromatic heterocycles. The first kappa shape index (κ1) is 10.7. The normalized spacial score (nSPS) is 17.4. The topological polar surface area (TPSA) is 34.4 Å². The molecule has 90 valence electrons. The Bertz CT molecular complexity index is 567. The maximum absolute atomic E-state index is 10.1. The van der Waals surface area contributed by atoms with Gasteiger partial charge in [0.05, 0.1) is 12.7 Å². The minimum Gasteiger partial charge on any atom is -0.496 e. The van der Waals surface area contributed by atoms with Crippen LogP contribution in [-0.4, -0.2) is 22.4 Å². The van der Waals surface area contributed by atoms with Crippen LogP contribution in [0, 0.1) is 0 Å². The molecular weight excluding hydrogens is 214 g/mol. The number of rotatable bonds is 3. The first-order valence-corrected chi connectivity index (χ1v) is 5.96. The van der Waals surface area contributed by atoms with Crippen LogP contribution in [0.3, 0.4) is 0 Å². The van der Waals surface area contributed by atoms with Crippen molar-refractivity contribution in [2.75, 3.05) is 7.11 Å². The number of benzene rings is 1. The number of hydrogen-bond acceptors (Lipinski definition) is 2. The summed E-state index contributed by atoms with van der Waals surface area (Å²) in [5.74, 6) is 0.879. The van der Waals surface area contributed by atoms with Crippen molar-refractivity contribution in [1.29, 1.82) is 0 Å². The van der Waals surface area contributed by atoms with Crippen LogP contribution in [0.15, 0.2) is 24.4 Å². The third kappa shape index (κ3) is 1.71. The van der Waals surface area contributed by atoms with E-state index in [0.29, 0.717) is 6.42 Å². The van der Waals surface area contributed by atoms with E-state index in [2.05, 4.69) is 16.7 Å². The lowest BCUT2D eigenvalue weighted by atomic mass is 10.0. The number of nitrogens with zero attached hydrogens (tertiary/aromatic N) is 1. The minimum absolute atomic E-state index is 0.489. The summed E-state index contributed by atoms with van der Waals surface area (Å²) in [7, 11) is 3.72. The van der Waals surface area contributed by atoms with E-state index in [1.165, 1.54) is 10.9 Å². The second-order valence-corrected chi connectivity index (χ2v) is 5.01. The SMILES string of the molecule is COc1ccc2c(ccn2C)c1CC1(O)CC1. The maximum Gasteiger partial charge on any atom is 0.122 e. The predicted molar refractivity (Wildman–Crippen MR) is 67.4 cm³/mol. The number of aryl methyl sites for hydroxylation is 1. The van der Waals surface area contributed by atoms with Crippen molar-refractivity contribution >= 4 is 10.9 Å². The zero-order chi connectivity index (χ0) is 12.0. The molecule has 1 fully saturated rings. The summed E-state index contributed by atoms with van der Waals surface area (Å²) in [5, 5.41) is 11.3. The molecule has 3 nitrogen and oxygen atoms in total. The zero-order valence-electron chi connectivity index (χ0n) is 10.2. The van der Waals surface area contributed by atoms with Crippen molar-refractivity contribution in [3.8, 4) is 5.75 Å². The van der Waals surface area contributed by atoms with E-state index in [4.69, 9.17) is 4.74 Å². The average molecular weight is 231 g/mol. The average Bonchev–Trinajstić information content (AvgIpc) is 2.92. The van der Waals surface area contributed by atoms with Gasteiger partial charge in [-0.3, -0.25) is 0 Å². The zero-order valence-corrected chi connectivity index (χ0v) is 10.2. The first-order valence-electron chi connectivity index (χ1n) is 5.96. The molecule has 1 N–H and O–H groups in total. The molecular formula is C14H17NO2. The summed E-state index contributed by atoms with van der Waals surface area (Å²) in [6.45, 7) is 0. The second kappa shape index (κ2) is 3.50. The van der Waals surface area contributed by atoms with Gasteiger partial charge >= 0.3 is 0 Å². The van der Waals surface area contributed by atoms with E-state index in [9.17, 15) is 5.11 Å². The summed E-state index contributed by atoms with van der Waals surface area (Å²) in [5.41, 5.74) is 1.83. The Morgan fingerprint density at radius 1 is 1.35 bits per heavy atom. The van der Waals surface area contributed by atoms with Crippen molar-refractivity contribution in [2.45, 2.75) is 24.9 Å². The molecule has 1 aliphatic rings. The van der Waals surface area contributed by atoms with Crippen LogP contribution in [0.5, 0.6) is 5.75 Å². The largest absolute Gasteiger partial charge is 0.496 e. The Morgan fingerprint density at radius 3 is 2.76 bits per heavy atom. The van der Waals surface area contributed by atoms with Gasteiger partial charge in [0.1, 0.15) is 5.75 Å². The molecule has 0 amide bonds. The van der Waals surface area contributed by atoms with Crippen LogP contribution < -0.4 is 4.74 Å². The van der Waals surface area contributed by atoms with Crippen molar-refractivity contribution in [1.82, 2.24) is 4.57 Å². The third-order valence-corrected chi connectivity index (χ3v) is 3.69. The lowest BCUT2D eigenvalue weighted by molar-refractivity contribution is 0.150. The number of hydrogen-bond donors (Lipinski definition) is 1. The minimum atomic E-state index is -0.489. The lowest BCUT2D eigenvalue weighted by Gasteiger charge is -2.13. The Labute approximate surface area is 101 Å².